The molecule has 19 heavy (non-hydrogen) atoms. The van der Waals surface area contributed by atoms with Gasteiger partial charge in [0.15, 0.2) is 10.3 Å². The van der Waals surface area contributed by atoms with Crippen molar-refractivity contribution in [3.8, 4) is 5.75 Å². The Morgan fingerprint density at radius 1 is 1.16 bits per heavy atom. The lowest BCUT2D eigenvalue weighted by molar-refractivity contribution is -0.137. The van der Waals surface area contributed by atoms with Gasteiger partial charge in [0.1, 0.15) is 5.75 Å². The molecule has 1 amide bonds. The maximum atomic E-state index is 12.2. The summed E-state index contributed by atoms with van der Waals surface area (Å²) in [5.41, 5.74) is 0.864. The molecule has 0 bridgehead atoms. The van der Waals surface area contributed by atoms with Crippen LogP contribution in [0.2, 0.25) is 0 Å². The zero-order chi connectivity index (χ0) is 14.0. The topological polar surface area (TPSA) is 38.8 Å². The number of carbonyl (C=O) groups excluding carboxylic acids is 1. The largest absolute Gasteiger partial charge is 0.497 e. The van der Waals surface area contributed by atoms with Gasteiger partial charge in [-0.3, -0.25) is 9.69 Å². The molecule has 6 heteroatoms. The van der Waals surface area contributed by atoms with E-state index in [1.807, 2.05) is 36.8 Å². The molecule has 4 nitrogen and oxygen atoms in total. The Kier molecular flexibility index (Phi) is 4.32. The molecule has 0 aromatic heterocycles. The Balaban J connectivity index is 2.34. The zero-order valence-corrected chi connectivity index (χ0v) is 13.0. The van der Waals surface area contributed by atoms with E-state index in [1.54, 1.807) is 42.6 Å². The normalized spacial score (nSPS) is 21.2. The van der Waals surface area contributed by atoms with Crippen molar-refractivity contribution in [2.24, 2.45) is 0 Å². The summed E-state index contributed by atoms with van der Waals surface area (Å²) in [4.78, 5) is 14.0. The van der Waals surface area contributed by atoms with Crippen molar-refractivity contribution in [2.75, 3.05) is 31.6 Å². The molecule has 104 valence electrons. The van der Waals surface area contributed by atoms with Crippen molar-refractivity contribution in [3.63, 3.8) is 0 Å². The predicted molar refractivity (Wildman–Crippen MR) is 81.0 cm³/mol. The van der Waals surface area contributed by atoms with E-state index in [4.69, 9.17) is 9.47 Å². The van der Waals surface area contributed by atoms with E-state index in [9.17, 15) is 4.79 Å². The number of nitrogens with zero attached hydrogens (tertiary/aromatic N) is 1. The average molecular weight is 299 g/mol. The number of β-lactam (4-membered cyclic amide) rings is 1. The minimum Gasteiger partial charge on any atom is -0.497 e. The molecule has 1 heterocycles. The van der Waals surface area contributed by atoms with E-state index in [-0.39, 0.29) is 10.1 Å². The van der Waals surface area contributed by atoms with Crippen molar-refractivity contribution in [1.29, 1.82) is 0 Å². The Bertz CT molecular complexity index is 459. The van der Waals surface area contributed by atoms with Gasteiger partial charge in [0, 0.05) is 12.8 Å². The monoisotopic (exact) mass is 299 g/mol. The Labute approximate surface area is 121 Å². The van der Waals surface area contributed by atoms with Crippen molar-refractivity contribution >= 4 is 35.1 Å². The molecule has 1 unspecified atom stereocenters. The maximum Gasteiger partial charge on any atom is 0.262 e. The third-order valence-electron chi connectivity index (χ3n) is 3.24. The summed E-state index contributed by atoms with van der Waals surface area (Å²) < 4.78 is 10.1. The highest BCUT2D eigenvalue weighted by atomic mass is 32.2. The smallest absolute Gasteiger partial charge is 0.262 e. The fraction of sp³-hybridized carbons (Fsp3) is 0.462. The first kappa shape index (κ1) is 14.6. The Morgan fingerprint density at radius 2 is 1.74 bits per heavy atom. The van der Waals surface area contributed by atoms with Gasteiger partial charge in [-0.15, -0.1) is 23.5 Å². The highest BCUT2D eigenvalue weighted by Gasteiger charge is 2.61. The molecule has 0 saturated carbocycles. The number of rotatable bonds is 5. The van der Waals surface area contributed by atoms with Gasteiger partial charge >= 0.3 is 0 Å². The summed E-state index contributed by atoms with van der Waals surface area (Å²) in [5.74, 6) is 0.773. The number of hydrogen-bond donors (Lipinski definition) is 0. The van der Waals surface area contributed by atoms with Crippen molar-refractivity contribution < 1.29 is 14.3 Å². The van der Waals surface area contributed by atoms with Crippen LogP contribution in [0.15, 0.2) is 24.3 Å². The van der Waals surface area contributed by atoms with Crippen molar-refractivity contribution in [1.82, 2.24) is 0 Å². The second-order valence-electron chi connectivity index (χ2n) is 4.03. The molecular formula is C13H17NO3S2. The first-order valence-electron chi connectivity index (χ1n) is 5.75. The summed E-state index contributed by atoms with van der Waals surface area (Å²) in [6, 6.07) is 7.50. The lowest BCUT2D eigenvalue weighted by atomic mass is 10.1. The van der Waals surface area contributed by atoms with E-state index >= 15 is 0 Å². The van der Waals surface area contributed by atoms with Crippen LogP contribution in [0.4, 0.5) is 5.69 Å². The quantitative estimate of drug-likeness (QED) is 0.617. The molecule has 0 aliphatic carbocycles. The lowest BCUT2D eigenvalue weighted by Crippen LogP contribution is -2.72. The number of ether oxygens (including phenoxy) is 2. The molecule has 1 aliphatic rings. The minimum atomic E-state index is -0.403. The second kappa shape index (κ2) is 5.64. The molecular weight excluding hydrogens is 282 g/mol. The molecule has 1 aromatic rings. The van der Waals surface area contributed by atoms with Gasteiger partial charge in [-0.1, -0.05) is 0 Å². The molecule has 0 N–H and O–H groups in total. The van der Waals surface area contributed by atoms with Crippen LogP contribution < -0.4 is 9.64 Å². The fourth-order valence-corrected chi connectivity index (χ4v) is 4.49. The standard InChI is InChI=1S/C13H17NO3S2/c1-16-10-7-5-9(6-8-10)14-12(15)11(17-2)13(14,18-3)19-4/h5-8,11H,1-4H3. The number of thioether (sulfide) groups is 2. The van der Waals surface area contributed by atoms with E-state index in [0.29, 0.717) is 0 Å². The van der Waals surface area contributed by atoms with Crippen LogP contribution in [0, 0.1) is 0 Å². The van der Waals surface area contributed by atoms with Gasteiger partial charge in [0.05, 0.1) is 7.11 Å². The highest BCUT2D eigenvalue weighted by Crippen LogP contribution is 2.51. The molecule has 0 spiro atoms. The third-order valence-corrected chi connectivity index (χ3v) is 6.20. The number of benzene rings is 1. The highest BCUT2D eigenvalue weighted by molar-refractivity contribution is 8.18. The van der Waals surface area contributed by atoms with E-state index in [2.05, 4.69) is 0 Å². The molecule has 1 aromatic carbocycles. The van der Waals surface area contributed by atoms with Gasteiger partial charge in [0.2, 0.25) is 0 Å². The molecule has 2 rings (SSSR count). The van der Waals surface area contributed by atoms with E-state index < -0.39 is 6.10 Å². The van der Waals surface area contributed by atoms with Crippen LogP contribution in [0.3, 0.4) is 0 Å². The summed E-state index contributed by atoms with van der Waals surface area (Å²) in [5, 5.41) is 0. The lowest BCUT2D eigenvalue weighted by Gasteiger charge is -2.54. The number of hydrogen-bond acceptors (Lipinski definition) is 5. The summed E-state index contributed by atoms with van der Waals surface area (Å²) in [6.07, 6.45) is 3.58. The summed E-state index contributed by atoms with van der Waals surface area (Å²) >= 11 is 3.24. The van der Waals surface area contributed by atoms with Crippen LogP contribution >= 0.6 is 23.5 Å². The van der Waals surface area contributed by atoms with Gasteiger partial charge < -0.3 is 9.47 Å². The van der Waals surface area contributed by atoms with Crippen molar-refractivity contribution in [2.45, 2.75) is 10.3 Å². The molecule has 0 radical (unpaired) electrons. The summed E-state index contributed by atoms with van der Waals surface area (Å²) in [6.45, 7) is 0. The summed E-state index contributed by atoms with van der Waals surface area (Å²) in [7, 11) is 3.20. The number of carbonyl (C=O) groups is 1. The van der Waals surface area contributed by atoms with Crippen LogP contribution in [0.25, 0.3) is 0 Å². The van der Waals surface area contributed by atoms with Crippen LogP contribution in [-0.4, -0.2) is 42.9 Å². The molecule has 1 saturated heterocycles. The van der Waals surface area contributed by atoms with Crippen LogP contribution in [-0.2, 0) is 9.53 Å². The number of anilines is 1. The first-order chi connectivity index (χ1) is 9.14. The first-order valence-corrected chi connectivity index (χ1v) is 8.20. The fourth-order valence-electron chi connectivity index (χ4n) is 2.25. The van der Waals surface area contributed by atoms with Gasteiger partial charge in [-0.2, -0.15) is 0 Å². The Morgan fingerprint density at radius 3 is 2.16 bits per heavy atom. The van der Waals surface area contributed by atoms with E-state index in [1.165, 1.54) is 0 Å². The number of methoxy groups -OCH3 is 2. The molecule has 1 atom stereocenters. The van der Waals surface area contributed by atoms with Gasteiger partial charge in [0.25, 0.3) is 5.91 Å². The number of amides is 1. The second-order valence-corrected chi connectivity index (χ2v) is 6.35. The van der Waals surface area contributed by atoms with E-state index in [0.717, 1.165) is 11.4 Å². The average Bonchev–Trinajstić information content (AvgIpc) is 2.45. The minimum absolute atomic E-state index is 0.00336. The maximum absolute atomic E-state index is 12.2. The Hall–Kier alpha value is -0.850. The van der Waals surface area contributed by atoms with Gasteiger partial charge in [-0.05, 0) is 36.8 Å². The van der Waals surface area contributed by atoms with Crippen LogP contribution in [0.1, 0.15) is 0 Å². The van der Waals surface area contributed by atoms with Crippen molar-refractivity contribution in [3.05, 3.63) is 24.3 Å². The van der Waals surface area contributed by atoms with Gasteiger partial charge in [-0.25, -0.2) is 0 Å². The zero-order valence-electron chi connectivity index (χ0n) is 11.4. The van der Waals surface area contributed by atoms with Crippen LogP contribution in [0.5, 0.6) is 5.75 Å². The predicted octanol–water partition coefficient (Wildman–Crippen LogP) is 2.44. The SMILES string of the molecule is COc1ccc(N2C(=O)C(OC)C2(SC)SC)cc1. The molecule has 1 fully saturated rings. The molecule has 1 aliphatic heterocycles. The third kappa shape index (κ3) is 2.11.